The zero-order valence-corrected chi connectivity index (χ0v) is 15.8. The fourth-order valence-electron chi connectivity index (χ4n) is 2.47. The van der Waals surface area contributed by atoms with Crippen LogP contribution in [0.4, 0.5) is 10.1 Å². The van der Waals surface area contributed by atoms with Crippen LogP contribution in [-0.2, 0) is 21.4 Å². The number of benzene rings is 2. The number of nitro groups is 1. The maximum absolute atomic E-state index is 13.5. The van der Waals surface area contributed by atoms with Gasteiger partial charge in [-0.2, -0.15) is 4.31 Å². The molecule has 2 rings (SSSR count). The first kappa shape index (κ1) is 21.4. The van der Waals surface area contributed by atoms with Crippen molar-refractivity contribution >= 4 is 21.6 Å². The van der Waals surface area contributed by atoms with Gasteiger partial charge in [0.05, 0.1) is 9.82 Å². The molecule has 0 radical (unpaired) electrons. The van der Waals surface area contributed by atoms with Gasteiger partial charge in [0.1, 0.15) is 11.9 Å². The number of nitrogens with zero attached hydrogens (tertiary/aromatic N) is 2. The molecular weight excluding hydrogens is 393 g/mol. The van der Waals surface area contributed by atoms with Crippen molar-refractivity contribution in [3.8, 4) is 0 Å². The number of hydrogen-bond donors (Lipinski definition) is 2. The van der Waals surface area contributed by atoms with Crippen LogP contribution in [0.15, 0.2) is 47.4 Å². The number of rotatable bonds is 7. The molecule has 0 saturated carbocycles. The number of non-ortho nitro benzene ring substituents is 1. The SMILES string of the molecule is Cc1cc(S(=O)(=O)N(Cc2ccc([N+](=O)[O-])cc2)[C@H](C)C(=O)NO)ccc1F. The van der Waals surface area contributed by atoms with E-state index < -0.39 is 32.7 Å². The Morgan fingerprint density at radius 2 is 1.89 bits per heavy atom. The van der Waals surface area contributed by atoms with Gasteiger partial charge in [-0.1, -0.05) is 12.1 Å². The van der Waals surface area contributed by atoms with E-state index in [0.717, 1.165) is 22.5 Å². The van der Waals surface area contributed by atoms with Crippen molar-refractivity contribution in [3.05, 3.63) is 69.5 Å². The topological polar surface area (TPSA) is 130 Å². The van der Waals surface area contributed by atoms with E-state index in [1.54, 1.807) is 0 Å². The quantitative estimate of drug-likeness (QED) is 0.408. The number of nitrogens with one attached hydrogen (secondary N) is 1. The summed E-state index contributed by atoms with van der Waals surface area (Å²) in [4.78, 5) is 21.8. The average Bonchev–Trinajstić information content (AvgIpc) is 2.67. The molecule has 0 aliphatic rings. The Balaban J connectivity index is 2.47. The molecule has 28 heavy (non-hydrogen) atoms. The molecule has 2 N–H and O–H groups in total. The van der Waals surface area contributed by atoms with Crippen LogP contribution in [0.25, 0.3) is 0 Å². The summed E-state index contributed by atoms with van der Waals surface area (Å²) in [6, 6.07) is 7.04. The van der Waals surface area contributed by atoms with E-state index in [1.807, 2.05) is 0 Å². The molecule has 0 bridgehead atoms. The third kappa shape index (κ3) is 4.50. The highest BCUT2D eigenvalue weighted by atomic mass is 32.2. The van der Waals surface area contributed by atoms with Crippen molar-refractivity contribution in [2.45, 2.75) is 31.3 Å². The average molecular weight is 411 g/mol. The first-order valence-corrected chi connectivity index (χ1v) is 9.47. The van der Waals surface area contributed by atoms with Crippen LogP contribution in [0.1, 0.15) is 18.1 Å². The van der Waals surface area contributed by atoms with Crippen molar-refractivity contribution in [2.75, 3.05) is 0 Å². The van der Waals surface area contributed by atoms with Gasteiger partial charge in [-0.3, -0.25) is 20.1 Å². The van der Waals surface area contributed by atoms with E-state index in [1.165, 1.54) is 43.6 Å². The Hall–Kier alpha value is -2.89. The maximum atomic E-state index is 13.5. The molecule has 0 saturated heterocycles. The molecule has 1 amide bonds. The second-order valence-corrected chi connectivity index (χ2v) is 7.93. The van der Waals surface area contributed by atoms with Crippen molar-refractivity contribution in [2.24, 2.45) is 0 Å². The third-order valence-corrected chi connectivity index (χ3v) is 6.06. The summed E-state index contributed by atoms with van der Waals surface area (Å²) in [6.45, 7) is 2.37. The van der Waals surface area contributed by atoms with Crippen LogP contribution >= 0.6 is 0 Å². The Kier molecular flexibility index (Phi) is 6.44. The highest BCUT2D eigenvalue weighted by Gasteiger charge is 2.33. The maximum Gasteiger partial charge on any atom is 0.269 e. The normalized spacial score (nSPS) is 12.6. The van der Waals surface area contributed by atoms with Gasteiger partial charge in [-0.05, 0) is 43.2 Å². The number of sulfonamides is 1. The summed E-state index contributed by atoms with van der Waals surface area (Å²) in [5.74, 6) is -1.55. The van der Waals surface area contributed by atoms with Crippen molar-refractivity contribution in [1.82, 2.24) is 9.79 Å². The zero-order valence-electron chi connectivity index (χ0n) is 15.0. The highest BCUT2D eigenvalue weighted by Crippen LogP contribution is 2.24. The lowest BCUT2D eigenvalue weighted by Crippen LogP contribution is -2.46. The summed E-state index contributed by atoms with van der Waals surface area (Å²) in [7, 11) is -4.26. The van der Waals surface area contributed by atoms with Gasteiger partial charge in [-0.15, -0.1) is 0 Å². The summed E-state index contributed by atoms with van der Waals surface area (Å²) in [5.41, 5.74) is 1.72. The van der Waals surface area contributed by atoms with E-state index in [0.29, 0.717) is 5.56 Å². The van der Waals surface area contributed by atoms with Crippen molar-refractivity contribution < 1.29 is 27.7 Å². The number of hydroxylamine groups is 1. The van der Waals surface area contributed by atoms with Gasteiger partial charge in [0, 0.05) is 18.7 Å². The van der Waals surface area contributed by atoms with E-state index >= 15 is 0 Å². The molecule has 0 unspecified atom stereocenters. The van der Waals surface area contributed by atoms with Gasteiger partial charge in [0.2, 0.25) is 10.0 Å². The lowest BCUT2D eigenvalue weighted by Gasteiger charge is -2.27. The second-order valence-electron chi connectivity index (χ2n) is 6.04. The Bertz CT molecular complexity index is 994. The largest absolute Gasteiger partial charge is 0.289 e. The van der Waals surface area contributed by atoms with E-state index in [9.17, 15) is 27.7 Å². The number of aryl methyl sites for hydroxylation is 1. The lowest BCUT2D eigenvalue weighted by molar-refractivity contribution is -0.384. The minimum absolute atomic E-state index is 0.107. The smallest absolute Gasteiger partial charge is 0.269 e. The van der Waals surface area contributed by atoms with Crippen LogP contribution < -0.4 is 5.48 Å². The molecule has 0 aliphatic heterocycles. The molecule has 11 heteroatoms. The fourth-order valence-corrected chi connectivity index (χ4v) is 4.14. The second kappa shape index (κ2) is 8.42. The molecule has 150 valence electrons. The van der Waals surface area contributed by atoms with Crippen LogP contribution in [0.2, 0.25) is 0 Å². The summed E-state index contributed by atoms with van der Waals surface area (Å²) in [5, 5.41) is 19.7. The first-order chi connectivity index (χ1) is 13.1. The number of carbonyl (C=O) groups excluding carboxylic acids is 1. The fraction of sp³-hybridized carbons (Fsp3) is 0.235. The molecule has 2 aromatic rings. The molecule has 0 aromatic heterocycles. The van der Waals surface area contributed by atoms with Crippen molar-refractivity contribution in [3.63, 3.8) is 0 Å². The number of halogens is 1. The number of nitro benzene ring substituents is 1. The van der Waals surface area contributed by atoms with E-state index in [4.69, 9.17) is 5.21 Å². The van der Waals surface area contributed by atoms with Crippen LogP contribution in [0, 0.1) is 22.9 Å². The molecule has 0 heterocycles. The van der Waals surface area contributed by atoms with Gasteiger partial charge < -0.3 is 0 Å². The number of hydrogen-bond acceptors (Lipinski definition) is 6. The predicted molar refractivity (Wildman–Crippen MR) is 96.4 cm³/mol. The molecule has 2 aromatic carbocycles. The van der Waals surface area contributed by atoms with Crippen LogP contribution in [0.5, 0.6) is 0 Å². The van der Waals surface area contributed by atoms with Gasteiger partial charge in [0.25, 0.3) is 11.6 Å². The number of amides is 1. The Morgan fingerprint density at radius 1 is 1.29 bits per heavy atom. The third-order valence-electron chi connectivity index (χ3n) is 4.14. The molecule has 0 spiro atoms. The monoisotopic (exact) mass is 411 g/mol. The van der Waals surface area contributed by atoms with E-state index in [2.05, 4.69) is 0 Å². The molecule has 0 aliphatic carbocycles. The van der Waals surface area contributed by atoms with Crippen LogP contribution in [-0.4, -0.2) is 34.8 Å². The predicted octanol–water partition coefficient (Wildman–Crippen LogP) is 2.13. The van der Waals surface area contributed by atoms with E-state index in [-0.39, 0.29) is 22.7 Å². The summed E-state index contributed by atoms with van der Waals surface area (Å²) in [6.07, 6.45) is 0. The Labute approximate surface area is 160 Å². The number of carbonyl (C=O) groups is 1. The minimum Gasteiger partial charge on any atom is -0.289 e. The van der Waals surface area contributed by atoms with Crippen LogP contribution in [0.3, 0.4) is 0 Å². The summed E-state index contributed by atoms with van der Waals surface area (Å²) >= 11 is 0. The Morgan fingerprint density at radius 3 is 2.39 bits per heavy atom. The minimum atomic E-state index is -4.26. The lowest BCUT2D eigenvalue weighted by atomic mass is 10.2. The van der Waals surface area contributed by atoms with Gasteiger partial charge in [-0.25, -0.2) is 18.3 Å². The van der Waals surface area contributed by atoms with Gasteiger partial charge >= 0.3 is 0 Å². The molecule has 1 atom stereocenters. The highest BCUT2D eigenvalue weighted by molar-refractivity contribution is 7.89. The molecular formula is C17H18FN3O6S. The summed E-state index contributed by atoms with van der Waals surface area (Å²) < 4.78 is 40.5. The van der Waals surface area contributed by atoms with Crippen molar-refractivity contribution in [1.29, 1.82) is 0 Å². The molecule has 9 nitrogen and oxygen atoms in total. The zero-order chi connectivity index (χ0) is 21.1. The molecule has 0 fully saturated rings. The van der Waals surface area contributed by atoms with Gasteiger partial charge in [0.15, 0.2) is 0 Å². The first-order valence-electron chi connectivity index (χ1n) is 8.03. The standard InChI is InChI=1S/C17H18FN3O6S/c1-11-9-15(7-8-16(11)18)28(26,27)20(12(2)17(22)19-23)10-13-3-5-14(6-4-13)21(24)25/h3-9,12,23H,10H2,1-2H3,(H,19,22)/t12-/m1/s1.